The minimum absolute atomic E-state index is 0.144. The fourth-order valence-electron chi connectivity index (χ4n) is 2.74. The van der Waals surface area contributed by atoms with Crippen LogP contribution in [0.25, 0.3) is 0 Å². The molecule has 0 aliphatic heterocycles. The van der Waals surface area contributed by atoms with Crippen LogP contribution in [0.2, 0.25) is 0 Å². The van der Waals surface area contributed by atoms with E-state index in [1.165, 1.54) is 12.0 Å². The Bertz CT molecular complexity index is 436. The summed E-state index contributed by atoms with van der Waals surface area (Å²) in [5.41, 5.74) is 6.91. The summed E-state index contributed by atoms with van der Waals surface area (Å²) in [6.45, 7) is 0.677. The number of nitrogens with two attached hydrogens (primary N) is 1. The first-order valence-electron chi connectivity index (χ1n) is 6.93. The minimum Gasteiger partial charge on any atom is -0.353 e. The summed E-state index contributed by atoms with van der Waals surface area (Å²) in [4.78, 5) is 12.0. The maximum Gasteiger partial charge on any atom is 0.220 e. The van der Waals surface area contributed by atoms with Crippen molar-refractivity contribution in [2.45, 2.75) is 38.1 Å². The molecular formula is C15H21BrN2O. The molecule has 19 heavy (non-hydrogen) atoms. The third-order valence-electron chi connectivity index (χ3n) is 3.84. The van der Waals surface area contributed by atoms with Gasteiger partial charge in [0.15, 0.2) is 0 Å². The predicted molar refractivity (Wildman–Crippen MR) is 80.8 cm³/mol. The number of hydrogen-bond donors (Lipinski definition) is 2. The van der Waals surface area contributed by atoms with Gasteiger partial charge in [-0.2, -0.15) is 0 Å². The standard InChI is InChI=1S/C15H21BrN2O/c16-13-5-1-3-11(9-13)7-8-15(19)18-14-6-2-4-12(14)10-17/h1,3,5,9,12,14H,2,4,6-8,10,17H2,(H,18,19). The second-order valence-electron chi connectivity index (χ2n) is 5.23. The number of amides is 1. The number of carbonyl (C=O) groups excluding carboxylic acids is 1. The molecule has 1 aromatic carbocycles. The zero-order valence-electron chi connectivity index (χ0n) is 11.1. The maximum atomic E-state index is 12.0. The summed E-state index contributed by atoms with van der Waals surface area (Å²) in [7, 11) is 0. The first-order valence-corrected chi connectivity index (χ1v) is 7.72. The van der Waals surface area contributed by atoms with Crippen LogP contribution in [0.1, 0.15) is 31.2 Å². The summed E-state index contributed by atoms with van der Waals surface area (Å²) in [6.07, 6.45) is 4.73. The number of benzene rings is 1. The molecule has 0 spiro atoms. The van der Waals surface area contributed by atoms with Crippen LogP contribution in [0.5, 0.6) is 0 Å². The Labute approximate surface area is 123 Å². The highest BCUT2D eigenvalue weighted by Gasteiger charge is 2.26. The van der Waals surface area contributed by atoms with Crippen LogP contribution in [0, 0.1) is 5.92 Å². The summed E-state index contributed by atoms with van der Waals surface area (Å²) in [5, 5.41) is 3.13. The average Bonchev–Trinajstić information content (AvgIpc) is 2.84. The molecule has 1 amide bonds. The third kappa shape index (κ3) is 4.32. The predicted octanol–water partition coefficient (Wildman–Crippen LogP) is 2.63. The number of carbonyl (C=O) groups is 1. The third-order valence-corrected chi connectivity index (χ3v) is 4.33. The molecule has 1 saturated carbocycles. The Morgan fingerprint density at radius 3 is 3.00 bits per heavy atom. The second kappa shape index (κ2) is 7.06. The van der Waals surface area contributed by atoms with Crippen LogP contribution in [-0.4, -0.2) is 18.5 Å². The van der Waals surface area contributed by atoms with E-state index in [1.54, 1.807) is 0 Å². The van der Waals surface area contributed by atoms with E-state index in [0.717, 1.165) is 23.7 Å². The van der Waals surface area contributed by atoms with Gasteiger partial charge in [0.05, 0.1) is 0 Å². The average molecular weight is 325 g/mol. The molecule has 0 radical (unpaired) electrons. The van der Waals surface area contributed by atoms with E-state index < -0.39 is 0 Å². The molecule has 0 aromatic heterocycles. The van der Waals surface area contributed by atoms with Crippen LogP contribution in [0.4, 0.5) is 0 Å². The van der Waals surface area contributed by atoms with Gasteiger partial charge in [0.1, 0.15) is 0 Å². The van der Waals surface area contributed by atoms with E-state index in [9.17, 15) is 4.79 Å². The molecule has 0 bridgehead atoms. The lowest BCUT2D eigenvalue weighted by Crippen LogP contribution is -2.39. The largest absolute Gasteiger partial charge is 0.353 e. The molecule has 1 aromatic rings. The Kier molecular flexibility index (Phi) is 5.40. The first kappa shape index (κ1) is 14.5. The molecule has 2 rings (SSSR count). The molecule has 1 fully saturated rings. The Morgan fingerprint density at radius 1 is 1.42 bits per heavy atom. The van der Waals surface area contributed by atoms with Gasteiger partial charge in [-0.15, -0.1) is 0 Å². The first-order chi connectivity index (χ1) is 9.19. The van der Waals surface area contributed by atoms with Crippen molar-refractivity contribution in [3.05, 3.63) is 34.3 Å². The van der Waals surface area contributed by atoms with Gasteiger partial charge in [0.25, 0.3) is 0 Å². The van der Waals surface area contributed by atoms with E-state index in [4.69, 9.17) is 5.73 Å². The maximum absolute atomic E-state index is 12.0. The quantitative estimate of drug-likeness (QED) is 0.874. The molecule has 2 atom stereocenters. The Balaban J connectivity index is 1.78. The van der Waals surface area contributed by atoms with E-state index in [2.05, 4.69) is 33.4 Å². The zero-order valence-corrected chi connectivity index (χ0v) is 12.7. The van der Waals surface area contributed by atoms with Crippen molar-refractivity contribution in [3.63, 3.8) is 0 Å². The Morgan fingerprint density at radius 2 is 2.26 bits per heavy atom. The number of halogens is 1. The van der Waals surface area contributed by atoms with Gasteiger partial charge in [0.2, 0.25) is 5.91 Å². The van der Waals surface area contributed by atoms with Crippen LogP contribution in [-0.2, 0) is 11.2 Å². The molecule has 0 heterocycles. The molecule has 0 saturated heterocycles. The van der Waals surface area contributed by atoms with Crippen molar-refractivity contribution >= 4 is 21.8 Å². The molecule has 4 heteroatoms. The van der Waals surface area contributed by atoms with Crippen molar-refractivity contribution in [1.29, 1.82) is 0 Å². The lowest BCUT2D eigenvalue weighted by Gasteiger charge is -2.19. The van der Waals surface area contributed by atoms with Crippen LogP contribution >= 0.6 is 15.9 Å². The zero-order chi connectivity index (χ0) is 13.7. The molecule has 3 nitrogen and oxygen atoms in total. The fraction of sp³-hybridized carbons (Fsp3) is 0.533. The number of hydrogen-bond acceptors (Lipinski definition) is 2. The molecule has 1 aliphatic carbocycles. The van der Waals surface area contributed by atoms with E-state index in [-0.39, 0.29) is 5.91 Å². The topological polar surface area (TPSA) is 55.1 Å². The molecular weight excluding hydrogens is 304 g/mol. The lowest BCUT2D eigenvalue weighted by atomic mass is 10.0. The van der Waals surface area contributed by atoms with Crippen molar-refractivity contribution in [3.8, 4) is 0 Å². The SMILES string of the molecule is NCC1CCCC1NC(=O)CCc1cccc(Br)c1. The van der Waals surface area contributed by atoms with E-state index in [1.807, 2.05) is 12.1 Å². The Hall–Kier alpha value is -0.870. The molecule has 1 aliphatic rings. The highest BCUT2D eigenvalue weighted by atomic mass is 79.9. The van der Waals surface area contributed by atoms with Crippen molar-refractivity contribution in [2.24, 2.45) is 11.7 Å². The van der Waals surface area contributed by atoms with Crippen LogP contribution in [0.15, 0.2) is 28.7 Å². The van der Waals surface area contributed by atoms with Crippen molar-refractivity contribution < 1.29 is 4.79 Å². The smallest absolute Gasteiger partial charge is 0.220 e. The summed E-state index contributed by atoms with van der Waals surface area (Å²) in [6, 6.07) is 8.40. The number of rotatable bonds is 5. The van der Waals surface area contributed by atoms with Crippen LogP contribution in [0.3, 0.4) is 0 Å². The molecule has 3 N–H and O–H groups in total. The summed E-state index contributed by atoms with van der Waals surface area (Å²) >= 11 is 3.44. The van der Waals surface area contributed by atoms with Crippen LogP contribution < -0.4 is 11.1 Å². The highest BCUT2D eigenvalue weighted by Crippen LogP contribution is 2.24. The van der Waals surface area contributed by atoms with Gasteiger partial charge >= 0.3 is 0 Å². The van der Waals surface area contributed by atoms with Gasteiger partial charge < -0.3 is 11.1 Å². The van der Waals surface area contributed by atoms with Gasteiger partial charge in [-0.1, -0.05) is 34.5 Å². The molecule has 2 unspecified atom stereocenters. The highest BCUT2D eigenvalue weighted by molar-refractivity contribution is 9.10. The molecule has 104 valence electrons. The van der Waals surface area contributed by atoms with Crippen molar-refractivity contribution in [2.75, 3.05) is 6.54 Å². The lowest BCUT2D eigenvalue weighted by molar-refractivity contribution is -0.122. The van der Waals surface area contributed by atoms with E-state index >= 15 is 0 Å². The second-order valence-corrected chi connectivity index (χ2v) is 6.15. The number of nitrogens with one attached hydrogen (secondary N) is 1. The monoisotopic (exact) mass is 324 g/mol. The van der Waals surface area contributed by atoms with Gasteiger partial charge in [-0.25, -0.2) is 0 Å². The minimum atomic E-state index is 0.144. The van der Waals surface area contributed by atoms with Crippen molar-refractivity contribution in [1.82, 2.24) is 5.32 Å². The summed E-state index contributed by atoms with van der Waals surface area (Å²) in [5.74, 6) is 0.611. The van der Waals surface area contributed by atoms with Gasteiger partial charge in [-0.05, 0) is 49.4 Å². The van der Waals surface area contributed by atoms with Gasteiger partial charge in [0, 0.05) is 16.9 Å². The number of aryl methyl sites for hydroxylation is 1. The van der Waals surface area contributed by atoms with Gasteiger partial charge in [-0.3, -0.25) is 4.79 Å². The van der Waals surface area contributed by atoms with E-state index in [0.29, 0.717) is 24.9 Å². The normalized spacial score (nSPS) is 22.4. The fourth-order valence-corrected chi connectivity index (χ4v) is 3.18. The summed E-state index contributed by atoms with van der Waals surface area (Å²) < 4.78 is 1.06.